The molecule has 134 valence electrons. The Labute approximate surface area is 154 Å². The van der Waals surface area contributed by atoms with Crippen molar-refractivity contribution in [3.63, 3.8) is 0 Å². The third kappa shape index (κ3) is 3.92. The van der Waals surface area contributed by atoms with Gasteiger partial charge >= 0.3 is 0 Å². The molecule has 26 heavy (non-hydrogen) atoms. The zero-order valence-corrected chi connectivity index (χ0v) is 14.7. The van der Waals surface area contributed by atoms with Crippen molar-refractivity contribution in [3.05, 3.63) is 75.8 Å². The van der Waals surface area contributed by atoms with Crippen LogP contribution in [0.2, 0.25) is 5.02 Å². The van der Waals surface area contributed by atoms with E-state index in [1.165, 1.54) is 17.5 Å². The molecule has 9 heteroatoms. The standard InChI is InChI=1S/C17H16ClN5O3/c1-2-22(15-5-3-4-6-16(15)23(24)25)26-17-8-7-14(18)9-13(17)10-21-12-19-11-20-21/h3-9,11-12H,2,10H2,1H3. The van der Waals surface area contributed by atoms with Gasteiger partial charge in [-0.1, -0.05) is 23.7 Å². The van der Waals surface area contributed by atoms with Crippen molar-refractivity contribution >= 4 is 23.0 Å². The third-order valence-corrected chi connectivity index (χ3v) is 3.90. The Hall–Kier alpha value is -3.13. The van der Waals surface area contributed by atoms with Crippen LogP contribution in [0.15, 0.2) is 55.1 Å². The van der Waals surface area contributed by atoms with Gasteiger partial charge in [0.05, 0.1) is 18.0 Å². The second-order valence-electron chi connectivity index (χ2n) is 5.38. The second-order valence-corrected chi connectivity index (χ2v) is 5.81. The lowest BCUT2D eigenvalue weighted by atomic mass is 10.2. The summed E-state index contributed by atoms with van der Waals surface area (Å²) in [6.07, 6.45) is 3.03. The molecule has 0 saturated carbocycles. The fraction of sp³-hybridized carbons (Fsp3) is 0.176. The highest BCUT2D eigenvalue weighted by Crippen LogP contribution is 2.31. The molecule has 0 aliphatic carbocycles. The molecule has 0 spiro atoms. The zero-order valence-electron chi connectivity index (χ0n) is 13.9. The maximum Gasteiger partial charge on any atom is 0.295 e. The number of anilines is 1. The summed E-state index contributed by atoms with van der Waals surface area (Å²) >= 11 is 6.11. The zero-order chi connectivity index (χ0) is 18.5. The van der Waals surface area contributed by atoms with Gasteiger partial charge in [0.1, 0.15) is 12.7 Å². The lowest BCUT2D eigenvalue weighted by molar-refractivity contribution is -0.384. The Morgan fingerprint density at radius 2 is 2.12 bits per heavy atom. The first kappa shape index (κ1) is 17.7. The van der Waals surface area contributed by atoms with Crippen LogP contribution in [0, 0.1) is 10.1 Å². The number of aromatic nitrogens is 3. The minimum atomic E-state index is -0.431. The van der Waals surface area contributed by atoms with E-state index in [1.54, 1.807) is 47.4 Å². The van der Waals surface area contributed by atoms with Crippen molar-refractivity contribution in [2.75, 3.05) is 11.6 Å². The Balaban J connectivity index is 1.93. The monoisotopic (exact) mass is 373 g/mol. The largest absolute Gasteiger partial charge is 0.379 e. The van der Waals surface area contributed by atoms with Gasteiger partial charge in [-0.2, -0.15) is 5.10 Å². The van der Waals surface area contributed by atoms with E-state index >= 15 is 0 Å². The molecule has 0 radical (unpaired) electrons. The van der Waals surface area contributed by atoms with Crippen LogP contribution in [-0.2, 0) is 6.54 Å². The fourth-order valence-electron chi connectivity index (χ4n) is 2.48. The first-order valence-corrected chi connectivity index (χ1v) is 8.26. The first-order valence-electron chi connectivity index (χ1n) is 7.88. The van der Waals surface area contributed by atoms with E-state index in [4.69, 9.17) is 16.4 Å². The fourth-order valence-corrected chi connectivity index (χ4v) is 2.68. The third-order valence-electron chi connectivity index (χ3n) is 3.66. The number of hydroxylamine groups is 1. The SMILES string of the molecule is CCN(Oc1ccc(Cl)cc1Cn1cncn1)c1ccccc1[N+](=O)[O-]. The van der Waals surface area contributed by atoms with Crippen LogP contribution in [-0.4, -0.2) is 26.2 Å². The summed E-state index contributed by atoms with van der Waals surface area (Å²) in [6, 6.07) is 11.6. The number of halogens is 1. The number of benzene rings is 2. The number of nitro groups is 1. The van der Waals surface area contributed by atoms with Crippen LogP contribution < -0.4 is 9.90 Å². The summed E-state index contributed by atoms with van der Waals surface area (Å²) in [5.74, 6) is 0.532. The molecule has 0 atom stereocenters. The van der Waals surface area contributed by atoms with Crippen LogP contribution in [0.4, 0.5) is 11.4 Å². The molecule has 0 amide bonds. The Bertz CT molecular complexity index is 901. The molecule has 8 nitrogen and oxygen atoms in total. The highest BCUT2D eigenvalue weighted by Gasteiger charge is 2.20. The molecule has 1 heterocycles. The van der Waals surface area contributed by atoms with Crippen molar-refractivity contribution in [3.8, 4) is 5.75 Å². The highest BCUT2D eigenvalue weighted by molar-refractivity contribution is 6.30. The van der Waals surface area contributed by atoms with Crippen LogP contribution in [0.3, 0.4) is 0 Å². The highest BCUT2D eigenvalue weighted by atomic mass is 35.5. The number of nitrogens with zero attached hydrogens (tertiary/aromatic N) is 5. The summed E-state index contributed by atoms with van der Waals surface area (Å²) < 4.78 is 1.64. The van der Waals surface area contributed by atoms with Gasteiger partial charge < -0.3 is 4.84 Å². The smallest absolute Gasteiger partial charge is 0.295 e. The predicted molar refractivity (Wildman–Crippen MR) is 97.3 cm³/mol. The van der Waals surface area contributed by atoms with Gasteiger partial charge in [0.2, 0.25) is 0 Å². The maximum atomic E-state index is 11.3. The lowest BCUT2D eigenvalue weighted by Gasteiger charge is -2.24. The van der Waals surface area contributed by atoms with E-state index < -0.39 is 4.92 Å². The van der Waals surface area contributed by atoms with E-state index in [0.717, 1.165) is 5.56 Å². The molecule has 0 fully saturated rings. The Morgan fingerprint density at radius 3 is 2.81 bits per heavy atom. The summed E-state index contributed by atoms with van der Waals surface area (Å²) in [4.78, 5) is 20.8. The van der Waals surface area contributed by atoms with Gasteiger partial charge in [0.15, 0.2) is 11.4 Å². The lowest BCUT2D eigenvalue weighted by Crippen LogP contribution is -2.28. The molecule has 2 aromatic carbocycles. The van der Waals surface area contributed by atoms with E-state index in [1.807, 2.05) is 6.92 Å². The molecule has 3 rings (SSSR count). The van der Waals surface area contributed by atoms with Gasteiger partial charge in [0, 0.05) is 16.7 Å². The minimum Gasteiger partial charge on any atom is -0.379 e. The summed E-state index contributed by atoms with van der Waals surface area (Å²) in [5.41, 5.74) is 1.13. The van der Waals surface area contributed by atoms with Crippen molar-refractivity contribution in [1.82, 2.24) is 14.8 Å². The molecular formula is C17H16ClN5O3. The van der Waals surface area contributed by atoms with Gasteiger partial charge in [-0.25, -0.2) is 14.7 Å². The number of para-hydroxylation sites is 2. The number of hydrogen-bond donors (Lipinski definition) is 0. The van der Waals surface area contributed by atoms with Crippen molar-refractivity contribution in [1.29, 1.82) is 0 Å². The molecule has 0 saturated heterocycles. The van der Waals surface area contributed by atoms with E-state index in [-0.39, 0.29) is 5.69 Å². The number of rotatable bonds is 7. The second kappa shape index (κ2) is 7.83. The van der Waals surface area contributed by atoms with Gasteiger partial charge in [-0.15, -0.1) is 0 Å². The predicted octanol–water partition coefficient (Wildman–Crippen LogP) is 3.71. The van der Waals surface area contributed by atoms with Gasteiger partial charge in [0.25, 0.3) is 5.69 Å². The van der Waals surface area contributed by atoms with Crippen molar-refractivity contribution in [2.24, 2.45) is 0 Å². The molecule has 0 N–H and O–H groups in total. The number of hydrogen-bond acceptors (Lipinski definition) is 6. The summed E-state index contributed by atoms with van der Waals surface area (Å²) in [6.45, 7) is 2.67. The van der Waals surface area contributed by atoms with E-state index in [2.05, 4.69) is 10.1 Å². The quantitative estimate of drug-likeness (QED) is 0.463. The number of nitro benzene ring substituents is 1. The molecule has 0 aliphatic heterocycles. The first-order chi connectivity index (χ1) is 12.6. The Kier molecular flexibility index (Phi) is 5.33. The summed E-state index contributed by atoms with van der Waals surface area (Å²) in [7, 11) is 0. The summed E-state index contributed by atoms with van der Waals surface area (Å²) in [5, 5.41) is 17.4. The molecule has 0 unspecified atom stereocenters. The average Bonchev–Trinajstić information content (AvgIpc) is 3.14. The van der Waals surface area contributed by atoms with Crippen molar-refractivity contribution in [2.45, 2.75) is 13.5 Å². The molecule has 3 aromatic rings. The van der Waals surface area contributed by atoms with E-state index in [9.17, 15) is 10.1 Å². The van der Waals surface area contributed by atoms with Crippen LogP contribution in [0.1, 0.15) is 12.5 Å². The molecular weight excluding hydrogens is 358 g/mol. The van der Waals surface area contributed by atoms with Crippen LogP contribution in [0.25, 0.3) is 0 Å². The molecule has 0 aliphatic rings. The Morgan fingerprint density at radius 1 is 1.31 bits per heavy atom. The van der Waals surface area contributed by atoms with Crippen LogP contribution >= 0.6 is 11.6 Å². The van der Waals surface area contributed by atoms with Crippen LogP contribution in [0.5, 0.6) is 5.75 Å². The van der Waals surface area contributed by atoms with Crippen molar-refractivity contribution < 1.29 is 9.76 Å². The minimum absolute atomic E-state index is 0.0267. The van der Waals surface area contributed by atoms with Gasteiger partial charge in [-0.05, 0) is 31.2 Å². The topological polar surface area (TPSA) is 86.3 Å². The molecule has 0 bridgehead atoms. The average molecular weight is 374 g/mol. The maximum absolute atomic E-state index is 11.3. The normalized spacial score (nSPS) is 10.5. The molecule has 1 aromatic heterocycles. The van der Waals surface area contributed by atoms with E-state index in [0.29, 0.717) is 29.5 Å². The van der Waals surface area contributed by atoms with Gasteiger partial charge in [-0.3, -0.25) is 10.1 Å².